The van der Waals surface area contributed by atoms with Crippen molar-refractivity contribution < 1.29 is 47.0 Å². The molecular weight excluding hydrogens is 185 g/mol. The molecule has 0 unspecified atom stereocenters. The number of carbonyl (C=O) groups is 1. The van der Waals surface area contributed by atoms with Crippen LogP contribution in [0.1, 0.15) is 6.92 Å². The Kier molecular flexibility index (Phi) is 10.3. The van der Waals surface area contributed by atoms with E-state index in [-0.39, 0.29) is 32.7 Å². The van der Waals surface area contributed by atoms with Crippen LogP contribution in [0.3, 0.4) is 0 Å². The Morgan fingerprint density at radius 3 is 2.25 bits per heavy atom. The number of hydrogen-bond acceptors (Lipinski definition) is 3. The monoisotopic (exact) mass is 192 g/mol. The maximum absolute atomic E-state index is 9.94. The first-order valence-corrected chi connectivity index (χ1v) is 1.83. The molecule has 0 saturated heterocycles. The molecule has 0 atom stereocenters. The van der Waals surface area contributed by atoms with Crippen LogP contribution in [0.2, 0.25) is 0 Å². The largest absolute Gasteiger partial charge is 3.00 e. The minimum atomic E-state index is -0.678. The summed E-state index contributed by atoms with van der Waals surface area (Å²) in [5, 5.41) is 0. The second-order valence-corrected chi connectivity index (χ2v) is 0.808. The fourth-order valence-electron chi connectivity index (χ4n) is 0.144. The van der Waals surface area contributed by atoms with Gasteiger partial charge in [0.05, 0.1) is 7.11 Å². The van der Waals surface area contributed by atoms with Gasteiger partial charge in [0, 0.05) is 0 Å². The predicted octanol–water partition coefficient (Wildman–Crippen LogP) is 0.949. The van der Waals surface area contributed by atoms with Crippen LogP contribution in [-0.4, -0.2) is 13.3 Å². The van der Waals surface area contributed by atoms with E-state index in [1.807, 2.05) is 0 Å². The van der Waals surface area contributed by atoms with Crippen molar-refractivity contribution in [2.24, 2.45) is 0 Å². The van der Waals surface area contributed by atoms with Gasteiger partial charge in [-0.05, 0) is 0 Å². The van der Waals surface area contributed by atoms with Crippen LogP contribution in [0.5, 0.6) is 0 Å². The van der Waals surface area contributed by atoms with E-state index in [0.29, 0.717) is 0 Å². The molecule has 0 rings (SSSR count). The van der Waals surface area contributed by atoms with Gasteiger partial charge in [-0.25, -0.2) is 4.79 Å². The summed E-state index contributed by atoms with van der Waals surface area (Å²) in [4.78, 5) is 9.94. The van der Waals surface area contributed by atoms with Gasteiger partial charge in [-0.2, -0.15) is 13.5 Å². The van der Waals surface area contributed by atoms with Gasteiger partial charge in [-0.1, -0.05) is 0 Å². The molecule has 0 aliphatic heterocycles. The average Bonchev–Trinajstić information content (AvgIpc) is 1.68. The third kappa shape index (κ3) is 6.37. The van der Waals surface area contributed by atoms with Gasteiger partial charge in [0.2, 0.25) is 0 Å². The van der Waals surface area contributed by atoms with Crippen LogP contribution >= 0.6 is 0 Å². The number of rotatable bonds is 1. The summed E-state index contributed by atoms with van der Waals surface area (Å²) in [5.41, 5.74) is 0. The molecule has 8 heavy (non-hydrogen) atoms. The molecule has 42 valence electrons. The minimum Gasteiger partial charge on any atom is -0.606 e. The summed E-state index contributed by atoms with van der Waals surface area (Å²) in [6.07, 6.45) is -0.678. The summed E-state index contributed by atoms with van der Waals surface area (Å²) in [5.74, 6) is 0. The summed E-state index contributed by atoms with van der Waals surface area (Å²) in [7, 11) is 1.26. The molecule has 0 spiro atoms. The van der Waals surface area contributed by atoms with E-state index in [1.54, 1.807) is 6.92 Å². The predicted molar refractivity (Wildman–Crippen MR) is 23.5 cm³/mol. The molecule has 0 saturated carbocycles. The SMILES string of the molecule is C[CH-]OC(=O)OC.[Y+3]. The Morgan fingerprint density at radius 2 is 2.12 bits per heavy atom. The second-order valence-electron chi connectivity index (χ2n) is 0.808. The Morgan fingerprint density at radius 1 is 1.62 bits per heavy atom. The maximum Gasteiger partial charge on any atom is 3.00 e. The number of hydrogen-bond donors (Lipinski definition) is 0. The molecule has 0 radical (unpaired) electrons. The standard InChI is InChI=1S/C4H7O3.Y/c1-3-7-4(5)6-2;/h3H,1-2H3;/q-1;+3. The molecule has 0 fully saturated rings. The van der Waals surface area contributed by atoms with Crippen molar-refractivity contribution in [1.82, 2.24) is 0 Å². The first kappa shape index (κ1) is 11.2. The number of methoxy groups -OCH3 is 1. The quantitative estimate of drug-likeness (QED) is 0.458. The van der Waals surface area contributed by atoms with Gasteiger partial charge in [-0.15, -0.1) is 0 Å². The minimum absolute atomic E-state index is 0. The fraction of sp³-hybridized carbons (Fsp3) is 0.500. The molecule has 0 aromatic heterocycles. The van der Waals surface area contributed by atoms with Gasteiger partial charge >= 0.3 is 38.9 Å². The molecule has 0 aliphatic rings. The smallest absolute Gasteiger partial charge is 0.606 e. The molecule has 0 aromatic carbocycles. The third-order valence-electron chi connectivity index (χ3n) is 0.381. The zero-order valence-electron chi connectivity index (χ0n) is 4.88. The summed E-state index contributed by atoms with van der Waals surface area (Å²) in [6.45, 7) is 2.85. The Labute approximate surface area is 73.6 Å². The van der Waals surface area contributed by atoms with Crippen molar-refractivity contribution in [2.45, 2.75) is 6.92 Å². The van der Waals surface area contributed by atoms with Crippen LogP contribution in [0, 0.1) is 6.61 Å². The molecule has 0 N–H and O–H groups in total. The molecule has 0 amide bonds. The first-order chi connectivity index (χ1) is 3.31. The zero-order valence-corrected chi connectivity index (χ0v) is 7.72. The van der Waals surface area contributed by atoms with E-state index >= 15 is 0 Å². The van der Waals surface area contributed by atoms with Gasteiger partial charge in [0.1, 0.15) is 0 Å². The Balaban J connectivity index is 0. The van der Waals surface area contributed by atoms with Crippen molar-refractivity contribution in [3.8, 4) is 0 Å². The molecule has 0 aliphatic carbocycles. The molecule has 4 heteroatoms. The van der Waals surface area contributed by atoms with E-state index in [9.17, 15) is 4.79 Å². The van der Waals surface area contributed by atoms with Crippen LogP contribution in [0.25, 0.3) is 0 Å². The molecule has 3 nitrogen and oxygen atoms in total. The first-order valence-electron chi connectivity index (χ1n) is 1.83. The molecule has 0 bridgehead atoms. The second kappa shape index (κ2) is 7.37. The summed E-state index contributed by atoms with van der Waals surface area (Å²) >= 11 is 0. The number of carbonyl (C=O) groups excluding carboxylic acids is 1. The van der Waals surface area contributed by atoms with Crippen molar-refractivity contribution in [3.63, 3.8) is 0 Å². The van der Waals surface area contributed by atoms with Crippen LogP contribution in [-0.2, 0) is 42.2 Å². The molecule has 0 heterocycles. The van der Waals surface area contributed by atoms with Crippen LogP contribution in [0.15, 0.2) is 0 Å². The van der Waals surface area contributed by atoms with Crippen LogP contribution in [0.4, 0.5) is 4.79 Å². The van der Waals surface area contributed by atoms with Crippen molar-refractivity contribution in [1.29, 1.82) is 0 Å². The van der Waals surface area contributed by atoms with Crippen molar-refractivity contribution in [2.75, 3.05) is 7.11 Å². The topological polar surface area (TPSA) is 35.5 Å². The van der Waals surface area contributed by atoms with Gasteiger partial charge in [0.15, 0.2) is 0 Å². The normalized spacial score (nSPS) is 6.75. The summed E-state index contributed by atoms with van der Waals surface area (Å²) < 4.78 is 8.30. The summed E-state index contributed by atoms with van der Waals surface area (Å²) in [6, 6.07) is 0. The van der Waals surface area contributed by atoms with E-state index in [2.05, 4.69) is 9.47 Å². The van der Waals surface area contributed by atoms with Crippen molar-refractivity contribution >= 4 is 6.16 Å². The number of ether oxygens (including phenoxy) is 2. The maximum atomic E-state index is 9.94. The zero-order chi connectivity index (χ0) is 5.70. The van der Waals surface area contributed by atoms with Gasteiger partial charge < -0.3 is 9.47 Å². The molecular formula is C4H7O3Y+2. The Bertz CT molecular complexity index is 64.3. The Hall–Kier alpha value is 0.374. The van der Waals surface area contributed by atoms with Crippen LogP contribution < -0.4 is 0 Å². The van der Waals surface area contributed by atoms with E-state index in [4.69, 9.17) is 0 Å². The van der Waals surface area contributed by atoms with Crippen molar-refractivity contribution in [3.05, 3.63) is 6.61 Å². The van der Waals surface area contributed by atoms with Gasteiger partial charge in [0.25, 0.3) is 0 Å². The van der Waals surface area contributed by atoms with Gasteiger partial charge in [-0.3, -0.25) is 0 Å². The van der Waals surface area contributed by atoms with E-state index in [1.165, 1.54) is 13.7 Å². The van der Waals surface area contributed by atoms with E-state index < -0.39 is 6.16 Å². The fourth-order valence-corrected chi connectivity index (χ4v) is 0.144. The average molecular weight is 192 g/mol. The van der Waals surface area contributed by atoms with E-state index in [0.717, 1.165) is 0 Å². The third-order valence-corrected chi connectivity index (χ3v) is 0.381. The molecule has 0 aromatic rings.